The summed E-state index contributed by atoms with van der Waals surface area (Å²) in [5, 5.41) is 2.35. The highest BCUT2D eigenvalue weighted by Gasteiger charge is 2.32. The third-order valence-corrected chi connectivity index (χ3v) is 6.61. The number of carbonyl (C=O) groups excluding carboxylic acids is 1. The van der Waals surface area contributed by atoms with Crippen LogP contribution in [0.1, 0.15) is 16.9 Å². The summed E-state index contributed by atoms with van der Waals surface area (Å²) >= 11 is 6.73. The quantitative estimate of drug-likeness (QED) is 0.247. The minimum atomic E-state index is -0.125. The van der Waals surface area contributed by atoms with E-state index in [4.69, 9.17) is 21.4 Å². The number of amides is 1. The fourth-order valence-corrected chi connectivity index (χ4v) is 4.89. The van der Waals surface area contributed by atoms with Crippen LogP contribution in [0, 0.1) is 0 Å². The van der Waals surface area contributed by atoms with Gasteiger partial charge >= 0.3 is 0 Å². The lowest BCUT2D eigenvalue weighted by Crippen LogP contribution is -2.27. The standard InChI is InChI=1S/C26H19NO3S2/c28-25-24(32-26(31)27(25)16-21-11-6-14-29-21)15-19-8-2-4-13-23(19)30-17-20-10-5-9-18-7-1-3-12-22(18)20/h1-15H,16-17H2. The number of carbonyl (C=O) groups is 1. The molecule has 0 unspecified atom stereocenters. The maximum absolute atomic E-state index is 13.0. The van der Waals surface area contributed by atoms with Crippen LogP contribution in [0.15, 0.2) is 94.4 Å². The monoisotopic (exact) mass is 457 g/mol. The summed E-state index contributed by atoms with van der Waals surface area (Å²) in [6.07, 6.45) is 3.44. The molecule has 4 aromatic rings. The molecule has 0 aliphatic carbocycles. The minimum absolute atomic E-state index is 0.125. The van der Waals surface area contributed by atoms with Gasteiger partial charge in [0, 0.05) is 5.56 Å². The summed E-state index contributed by atoms with van der Waals surface area (Å²) in [5.74, 6) is 1.29. The highest BCUT2D eigenvalue weighted by molar-refractivity contribution is 8.26. The van der Waals surface area contributed by atoms with Crippen molar-refractivity contribution in [3.63, 3.8) is 0 Å². The number of ether oxygens (including phenoxy) is 1. The van der Waals surface area contributed by atoms with E-state index in [2.05, 4.69) is 24.3 Å². The van der Waals surface area contributed by atoms with Crippen molar-refractivity contribution in [2.75, 3.05) is 0 Å². The SMILES string of the molecule is O=C1C(=Cc2ccccc2OCc2cccc3ccccc23)SC(=S)N1Cc1ccco1. The van der Waals surface area contributed by atoms with Crippen molar-refractivity contribution in [2.45, 2.75) is 13.2 Å². The van der Waals surface area contributed by atoms with Crippen LogP contribution in [0.4, 0.5) is 0 Å². The van der Waals surface area contributed by atoms with E-state index >= 15 is 0 Å². The third kappa shape index (κ3) is 4.20. The lowest BCUT2D eigenvalue weighted by Gasteiger charge is -2.12. The van der Waals surface area contributed by atoms with Gasteiger partial charge in [-0.3, -0.25) is 9.69 Å². The number of para-hydroxylation sites is 1. The molecule has 1 aliphatic heterocycles. The van der Waals surface area contributed by atoms with Crippen molar-refractivity contribution < 1.29 is 13.9 Å². The van der Waals surface area contributed by atoms with Gasteiger partial charge in [0.15, 0.2) is 0 Å². The second kappa shape index (κ2) is 9.02. The van der Waals surface area contributed by atoms with Crippen molar-refractivity contribution in [1.82, 2.24) is 4.90 Å². The molecule has 32 heavy (non-hydrogen) atoms. The predicted molar refractivity (Wildman–Crippen MR) is 132 cm³/mol. The van der Waals surface area contributed by atoms with Gasteiger partial charge in [0.2, 0.25) is 0 Å². The lowest BCUT2D eigenvalue weighted by molar-refractivity contribution is -0.122. The van der Waals surface area contributed by atoms with E-state index < -0.39 is 0 Å². The number of fused-ring (bicyclic) bond motifs is 1. The molecular weight excluding hydrogens is 438 g/mol. The number of benzene rings is 3. The maximum Gasteiger partial charge on any atom is 0.266 e. The number of furan rings is 1. The summed E-state index contributed by atoms with van der Waals surface area (Å²) in [4.78, 5) is 15.1. The summed E-state index contributed by atoms with van der Waals surface area (Å²) in [6, 6.07) is 25.8. The van der Waals surface area contributed by atoms with Crippen LogP contribution < -0.4 is 4.74 Å². The van der Waals surface area contributed by atoms with Gasteiger partial charge in [-0.1, -0.05) is 84.6 Å². The van der Waals surface area contributed by atoms with Gasteiger partial charge < -0.3 is 9.15 Å². The zero-order valence-corrected chi connectivity index (χ0v) is 18.7. The average molecular weight is 458 g/mol. The normalized spacial score (nSPS) is 15.1. The van der Waals surface area contributed by atoms with Crippen LogP contribution in [0.5, 0.6) is 5.75 Å². The number of hydrogen-bond donors (Lipinski definition) is 0. The van der Waals surface area contributed by atoms with Gasteiger partial charge in [0.05, 0.1) is 17.7 Å². The molecular formula is C26H19NO3S2. The molecule has 0 atom stereocenters. The van der Waals surface area contributed by atoms with Crippen molar-refractivity contribution in [2.24, 2.45) is 0 Å². The van der Waals surface area contributed by atoms with Crippen LogP contribution in [-0.2, 0) is 17.9 Å². The Kier molecular flexibility index (Phi) is 5.79. The molecule has 6 heteroatoms. The Morgan fingerprint density at radius 1 is 0.969 bits per heavy atom. The summed E-state index contributed by atoms with van der Waals surface area (Å²) in [7, 11) is 0. The topological polar surface area (TPSA) is 42.7 Å². The first-order chi connectivity index (χ1) is 15.7. The van der Waals surface area contributed by atoms with E-state index in [-0.39, 0.29) is 5.91 Å². The molecule has 1 saturated heterocycles. The van der Waals surface area contributed by atoms with Gasteiger partial charge in [-0.2, -0.15) is 0 Å². The average Bonchev–Trinajstić information content (AvgIpc) is 3.42. The Hall–Kier alpha value is -3.35. The van der Waals surface area contributed by atoms with E-state index in [1.807, 2.05) is 54.6 Å². The van der Waals surface area contributed by atoms with Crippen LogP contribution in [0.3, 0.4) is 0 Å². The highest BCUT2D eigenvalue weighted by Crippen LogP contribution is 2.35. The first kappa shape index (κ1) is 20.5. The first-order valence-electron chi connectivity index (χ1n) is 10.2. The highest BCUT2D eigenvalue weighted by atomic mass is 32.2. The van der Waals surface area contributed by atoms with E-state index in [0.717, 1.165) is 16.9 Å². The molecule has 0 bridgehead atoms. The molecule has 1 aliphatic rings. The third-order valence-electron chi connectivity index (χ3n) is 5.24. The molecule has 0 N–H and O–H groups in total. The summed E-state index contributed by atoms with van der Waals surface area (Å²) < 4.78 is 12.1. The van der Waals surface area contributed by atoms with Crippen molar-refractivity contribution in [1.29, 1.82) is 0 Å². The van der Waals surface area contributed by atoms with E-state index in [1.54, 1.807) is 17.2 Å². The van der Waals surface area contributed by atoms with Crippen molar-refractivity contribution >= 4 is 51.1 Å². The molecule has 5 rings (SSSR count). The Morgan fingerprint density at radius 3 is 2.66 bits per heavy atom. The Balaban J connectivity index is 1.37. The van der Waals surface area contributed by atoms with E-state index in [9.17, 15) is 4.79 Å². The lowest BCUT2D eigenvalue weighted by atomic mass is 10.1. The number of rotatable bonds is 6. The molecule has 158 valence electrons. The molecule has 1 amide bonds. The Bertz CT molecular complexity index is 1320. The van der Waals surface area contributed by atoms with Gasteiger partial charge in [-0.05, 0) is 40.6 Å². The van der Waals surface area contributed by atoms with Crippen LogP contribution in [-0.4, -0.2) is 15.1 Å². The smallest absolute Gasteiger partial charge is 0.266 e. The van der Waals surface area contributed by atoms with Crippen LogP contribution in [0.25, 0.3) is 16.8 Å². The second-order valence-corrected chi connectivity index (χ2v) is 8.99. The molecule has 4 nitrogen and oxygen atoms in total. The Morgan fingerprint density at radius 2 is 1.78 bits per heavy atom. The van der Waals surface area contributed by atoms with Gasteiger partial charge in [-0.15, -0.1) is 0 Å². The number of nitrogens with zero attached hydrogens (tertiary/aromatic N) is 1. The van der Waals surface area contributed by atoms with Gasteiger partial charge in [0.1, 0.15) is 22.4 Å². The molecule has 1 fully saturated rings. The molecule has 0 radical (unpaired) electrons. The van der Waals surface area contributed by atoms with E-state index in [0.29, 0.717) is 28.1 Å². The predicted octanol–water partition coefficient (Wildman–Crippen LogP) is 6.41. The van der Waals surface area contributed by atoms with E-state index in [1.165, 1.54) is 22.5 Å². The second-order valence-electron chi connectivity index (χ2n) is 7.31. The molecule has 0 saturated carbocycles. The van der Waals surface area contributed by atoms with Crippen LogP contribution in [0.2, 0.25) is 0 Å². The van der Waals surface area contributed by atoms with Gasteiger partial charge in [-0.25, -0.2) is 0 Å². The number of thiocarbonyl (C=S) groups is 1. The van der Waals surface area contributed by atoms with Crippen molar-refractivity contribution in [3.05, 3.63) is 107 Å². The minimum Gasteiger partial charge on any atom is -0.488 e. The zero-order chi connectivity index (χ0) is 21.9. The van der Waals surface area contributed by atoms with Crippen molar-refractivity contribution in [3.8, 4) is 5.75 Å². The number of thioether (sulfide) groups is 1. The summed E-state index contributed by atoms with van der Waals surface area (Å²) in [5.41, 5.74) is 1.95. The zero-order valence-electron chi connectivity index (χ0n) is 17.1. The maximum atomic E-state index is 13.0. The molecule has 3 aromatic carbocycles. The molecule has 2 heterocycles. The first-order valence-corrected chi connectivity index (χ1v) is 11.4. The molecule has 0 spiro atoms. The van der Waals surface area contributed by atoms with Gasteiger partial charge in [0.25, 0.3) is 5.91 Å². The fraction of sp³-hybridized carbons (Fsp3) is 0.0769. The van der Waals surface area contributed by atoms with Crippen LogP contribution >= 0.6 is 24.0 Å². The molecule has 1 aromatic heterocycles. The largest absolute Gasteiger partial charge is 0.488 e. The number of hydrogen-bond acceptors (Lipinski definition) is 5. The fourth-order valence-electron chi connectivity index (χ4n) is 3.64. The Labute approximate surface area is 195 Å². The summed E-state index contributed by atoms with van der Waals surface area (Å²) in [6.45, 7) is 0.764.